The first-order valence-corrected chi connectivity index (χ1v) is 6.77. The Bertz CT molecular complexity index is 480. The summed E-state index contributed by atoms with van der Waals surface area (Å²) in [7, 11) is 0. The zero-order valence-electron chi connectivity index (χ0n) is 11.5. The number of hydrogen-bond acceptors (Lipinski definition) is 3. The van der Waals surface area contributed by atoms with Crippen molar-refractivity contribution < 1.29 is 14.3 Å². The van der Waals surface area contributed by atoms with E-state index in [4.69, 9.17) is 4.74 Å². The van der Waals surface area contributed by atoms with Crippen LogP contribution in [0.3, 0.4) is 0 Å². The summed E-state index contributed by atoms with van der Waals surface area (Å²) in [4.78, 5) is 22.7. The lowest BCUT2D eigenvalue weighted by Gasteiger charge is -2.21. The predicted molar refractivity (Wildman–Crippen MR) is 78.5 cm³/mol. The molecule has 1 aromatic rings. The van der Waals surface area contributed by atoms with Gasteiger partial charge in [0.05, 0.1) is 0 Å². The number of rotatable bonds is 3. The molecular weight excluding hydrogens is 310 g/mol. The van der Waals surface area contributed by atoms with Gasteiger partial charge in [0.2, 0.25) is 0 Å². The van der Waals surface area contributed by atoms with E-state index in [2.05, 4.69) is 21.2 Å². The SMILES string of the molecule is CC(C=O)c1ccc(Br)cc1NC(=O)OC(C)(C)C. The average molecular weight is 328 g/mol. The molecule has 0 spiro atoms. The summed E-state index contributed by atoms with van der Waals surface area (Å²) >= 11 is 3.34. The van der Waals surface area contributed by atoms with Crippen LogP contribution in [0.2, 0.25) is 0 Å². The van der Waals surface area contributed by atoms with Crippen molar-refractivity contribution in [2.45, 2.75) is 39.2 Å². The summed E-state index contributed by atoms with van der Waals surface area (Å²) in [5.74, 6) is -0.293. The Morgan fingerprint density at radius 1 is 1.42 bits per heavy atom. The Balaban J connectivity index is 2.96. The highest BCUT2D eigenvalue weighted by Crippen LogP contribution is 2.27. The number of ether oxygens (including phenoxy) is 1. The van der Waals surface area contributed by atoms with Crippen LogP contribution in [0.1, 0.15) is 39.2 Å². The zero-order chi connectivity index (χ0) is 14.6. The van der Waals surface area contributed by atoms with Gasteiger partial charge in [0.1, 0.15) is 11.9 Å². The number of anilines is 1. The van der Waals surface area contributed by atoms with E-state index in [9.17, 15) is 9.59 Å². The minimum absolute atomic E-state index is 0.293. The second kappa shape index (κ2) is 6.19. The van der Waals surface area contributed by atoms with Crippen LogP contribution < -0.4 is 5.32 Å². The van der Waals surface area contributed by atoms with Crippen molar-refractivity contribution in [3.63, 3.8) is 0 Å². The monoisotopic (exact) mass is 327 g/mol. The van der Waals surface area contributed by atoms with Gasteiger partial charge in [-0.15, -0.1) is 0 Å². The van der Waals surface area contributed by atoms with Crippen molar-refractivity contribution >= 4 is 34.0 Å². The molecule has 0 saturated carbocycles. The van der Waals surface area contributed by atoms with Crippen LogP contribution >= 0.6 is 15.9 Å². The molecule has 0 aromatic heterocycles. The first kappa shape index (κ1) is 15.7. The van der Waals surface area contributed by atoms with E-state index in [1.807, 2.05) is 6.07 Å². The highest BCUT2D eigenvalue weighted by molar-refractivity contribution is 9.10. The second-order valence-electron chi connectivity index (χ2n) is 5.28. The number of benzene rings is 1. The van der Waals surface area contributed by atoms with Crippen molar-refractivity contribution in [2.24, 2.45) is 0 Å². The first-order chi connectivity index (χ1) is 8.73. The van der Waals surface area contributed by atoms with Gasteiger partial charge in [-0.1, -0.05) is 28.9 Å². The molecule has 0 fully saturated rings. The van der Waals surface area contributed by atoms with E-state index in [1.54, 1.807) is 39.8 Å². The molecule has 5 heteroatoms. The van der Waals surface area contributed by atoms with Crippen molar-refractivity contribution in [1.29, 1.82) is 0 Å². The van der Waals surface area contributed by atoms with Crippen molar-refractivity contribution in [1.82, 2.24) is 0 Å². The minimum atomic E-state index is -0.563. The first-order valence-electron chi connectivity index (χ1n) is 5.97. The van der Waals surface area contributed by atoms with Gasteiger partial charge in [0.25, 0.3) is 0 Å². The van der Waals surface area contributed by atoms with Gasteiger partial charge in [-0.05, 0) is 38.5 Å². The molecule has 1 amide bonds. The Morgan fingerprint density at radius 2 is 2.05 bits per heavy atom. The number of carbonyl (C=O) groups excluding carboxylic acids is 2. The van der Waals surface area contributed by atoms with Crippen LogP contribution in [0.15, 0.2) is 22.7 Å². The molecule has 0 aliphatic rings. The molecular formula is C14H18BrNO3. The summed E-state index contributed by atoms with van der Waals surface area (Å²) in [6.07, 6.45) is 0.300. The maximum Gasteiger partial charge on any atom is 0.412 e. The van der Waals surface area contributed by atoms with Gasteiger partial charge < -0.3 is 9.53 Å². The van der Waals surface area contributed by atoms with E-state index in [-0.39, 0.29) is 5.92 Å². The molecule has 1 N–H and O–H groups in total. The molecule has 1 rings (SSSR count). The molecule has 0 aliphatic heterocycles. The van der Waals surface area contributed by atoms with Gasteiger partial charge in [-0.25, -0.2) is 4.79 Å². The van der Waals surface area contributed by atoms with E-state index in [1.165, 1.54) is 0 Å². The summed E-state index contributed by atoms with van der Waals surface area (Å²) < 4.78 is 6.02. The molecule has 0 saturated heterocycles. The third-order valence-electron chi connectivity index (χ3n) is 2.35. The third-order valence-corrected chi connectivity index (χ3v) is 2.84. The van der Waals surface area contributed by atoms with Crippen molar-refractivity contribution in [3.05, 3.63) is 28.2 Å². The van der Waals surface area contributed by atoms with Crippen LogP contribution in [0.25, 0.3) is 0 Å². The smallest absolute Gasteiger partial charge is 0.412 e. The zero-order valence-corrected chi connectivity index (χ0v) is 13.1. The lowest BCUT2D eigenvalue weighted by molar-refractivity contribution is -0.108. The maximum atomic E-state index is 11.8. The quantitative estimate of drug-likeness (QED) is 0.850. The predicted octanol–water partition coefficient (Wildman–Crippen LogP) is 4.10. The van der Waals surface area contributed by atoms with Crippen LogP contribution in [0.5, 0.6) is 0 Å². The van der Waals surface area contributed by atoms with Gasteiger partial charge in [0.15, 0.2) is 0 Å². The number of nitrogens with one attached hydrogen (secondary N) is 1. The Labute approximate surface area is 121 Å². The van der Waals surface area contributed by atoms with Gasteiger partial charge in [-0.2, -0.15) is 0 Å². The van der Waals surface area contributed by atoms with Crippen molar-refractivity contribution in [3.8, 4) is 0 Å². The van der Waals surface area contributed by atoms with Crippen LogP contribution in [0, 0.1) is 0 Å². The molecule has 1 aromatic carbocycles. The summed E-state index contributed by atoms with van der Waals surface area (Å²) in [5, 5.41) is 2.67. The molecule has 104 valence electrons. The van der Waals surface area contributed by atoms with E-state index in [0.717, 1.165) is 16.3 Å². The van der Waals surface area contributed by atoms with Crippen LogP contribution in [-0.4, -0.2) is 18.0 Å². The fourth-order valence-corrected chi connectivity index (χ4v) is 1.88. The van der Waals surface area contributed by atoms with Crippen LogP contribution in [-0.2, 0) is 9.53 Å². The molecule has 1 atom stereocenters. The summed E-state index contributed by atoms with van der Waals surface area (Å²) in [5.41, 5.74) is 0.763. The van der Waals surface area contributed by atoms with Crippen LogP contribution in [0.4, 0.5) is 10.5 Å². The Morgan fingerprint density at radius 3 is 2.58 bits per heavy atom. The molecule has 0 bridgehead atoms. The molecule has 19 heavy (non-hydrogen) atoms. The number of amides is 1. The fourth-order valence-electron chi connectivity index (χ4n) is 1.52. The van der Waals surface area contributed by atoms with E-state index >= 15 is 0 Å². The molecule has 1 unspecified atom stereocenters. The minimum Gasteiger partial charge on any atom is -0.444 e. The standard InChI is InChI=1S/C14H18BrNO3/c1-9(8-17)11-6-5-10(15)7-12(11)16-13(18)19-14(2,3)4/h5-9H,1-4H3,(H,16,18). The number of halogens is 1. The Kier molecular flexibility index (Phi) is 5.11. The van der Waals surface area contributed by atoms with Crippen molar-refractivity contribution in [2.75, 3.05) is 5.32 Å². The number of hydrogen-bond donors (Lipinski definition) is 1. The summed E-state index contributed by atoms with van der Waals surface area (Å²) in [6, 6.07) is 5.38. The average Bonchev–Trinajstić information content (AvgIpc) is 2.25. The van der Waals surface area contributed by atoms with Gasteiger partial charge >= 0.3 is 6.09 Å². The fraction of sp³-hybridized carbons (Fsp3) is 0.429. The van der Waals surface area contributed by atoms with Gasteiger partial charge in [0, 0.05) is 16.1 Å². The lowest BCUT2D eigenvalue weighted by atomic mass is 10.0. The topological polar surface area (TPSA) is 55.4 Å². The number of aldehydes is 1. The van der Waals surface area contributed by atoms with Gasteiger partial charge in [-0.3, -0.25) is 5.32 Å². The molecule has 0 radical (unpaired) electrons. The normalized spacial score (nSPS) is 12.7. The number of carbonyl (C=O) groups is 2. The lowest BCUT2D eigenvalue weighted by Crippen LogP contribution is -2.27. The highest BCUT2D eigenvalue weighted by atomic mass is 79.9. The molecule has 4 nitrogen and oxygen atoms in total. The molecule has 0 aliphatic carbocycles. The Hall–Kier alpha value is -1.36. The second-order valence-corrected chi connectivity index (χ2v) is 6.20. The third kappa shape index (κ3) is 5.03. The highest BCUT2D eigenvalue weighted by Gasteiger charge is 2.18. The maximum absolute atomic E-state index is 11.8. The van der Waals surface area contributed by atoms with E-state index in [0.29, 0.717) is 5.69 Å². The molecule has 0 heterocycles. The largest absolute Gasteiger partial charge is 0.444 e. The summed E-state index contributed by atoms with van der Waals surface area (Å²) in [6.45, 7) is 7.16. The van der Waals surface area contributed by atoms with E-state index < -0.39 is 11.7 Å².